The van der Waals surface area contributed by atoms with Gasteiger partial charge < -0.3 is 0 Å². The van der Waals surface area contributed by atoms with Crippen molar-refractivity contribution in [3.63, 3.8) is 0 Å². The van der Waals surface area contributed by atoms with E-state index < -0.39 is 27.4 Å². The van der Waals surface area contributed by atoms with Crippen molar-refractivity contribution in [2.24, 2.45) is 5.10 Å². The molecule has 0 aliphatic rings. The number of carbonyl (C=O) groups excluding carboxylic acids is 1. The number of para-hydroxylation sites is 1. The van der Waals surface area contributed by atoms with Crippen LogP contribution in [-0.2, 0) is 14.8 Å². The second kappa shape index (κ2) is 8.81. The fourth-order valence-corrected chi connectivity index (χ4v) is 3.41. The van der Waals surface area contributed by atoms with Crippen LogP contribution in [0.1, 0.15) is 12.5 Å². The number of carbonyl (C=O) groups is 1. The number of anilines is 1. The zero-order valence-electron chi connectivity index (χ0n) is 15.0. The molecule has 0 atom stereocenters. The van der Waals surface area contributed by atoms with Crippen LogP contribution in [0.15, 0.2) is 53.6 Å². The van der Waals surface area contributed by atoms with Crippen molar-refractivity contribution in [3.8, 4) is 0 Å². The number of rotatable bonds is 7. The topological polar surface area (TPSA) is 122 Å². The van der Waals surface area contributed by atoms with Gasteiger partial charge in [-0.15, -0.1) is 0 Å². The molecule has 148 valence electrons. The van der Waals surface area contributed by atoms with E-state index in [2.05, 4.69) is 10.5 Å². The number of benzene rings is 2. The molecule has 28 heavy (non-hydrogen) atoms. The molecule has 2 aromatic rings. The smallest absolute Gasteiger partial charge is 0.270 e. The van der Waals surface area contributed by atoms with Gasteiger partial charge in [0.05, 0.1) is 27.6 Å². The fraction of sp³-hybridized carbons (Fsp3) is 0.176. The van der Waals surface area contributed by atoms with Gasteiger partial charge >= 0.3 is 0 Å². The summed E-state index contributed by atoms with van der Waals surface area (Å²) in [4.78, 5) is 22.5. The van der Waals surface area contributed by atoms with Crippen LogP contribution in [0.25, 0.3) is 0 Å². The van der Waals surface area contributed by atoms with Gasteiger partial charge in [0.1, 0.15) is 6.54 Å². The fourth-order valence-electron chi connectivity index (χ4n) is 2.26. The number of nitro groups is 1. The molecule has 0 saturated heterocycles. The monoisotopic (exact) mass is 424 g/mol. The number of nitrogens with one attached hydrogen (secondary N) is 1. The van der Waals surface area contributed by atoms with Crippen molar-refractivity contribution < 1.29 is 18.1 Å². The van der Waals surface area contributed by atoms with Crippen LogP contribution < -0.4 is 9.73 Å². The van der Waals surface area contributed by atoms with Crippen molar-refractivity contribution in [2.75, 3.05) is 17.1 Å². The van der Waals surface area contributed by atoms with Crippen LogP contribution in [0.5, 0.6) is 0 Å². The van der Waals surface area contributed by atoms with Crippen molar-refractivity contribution in [3.05, 3.63) is 69.2 Å². The van der Waals surface area contributed by atoms with E-state index in [1.807, 2.05) is 0 Å². The predicted molar refractivity (Wildman–Crippen MR) is 107 cm³/mol. The Bertz CT molecular complexity index is 1040. The van der Waals surface area contributed by atoms with Crippen molar-refractivity contribution >= 4 is 44.6 Å². The predicted octanol–water partition coefficient (Wildman–Crippen LogP) is 2.55. The lowest BCUT2D eigenvalue weighted by Crippen LogP contribution is -2.39. The highest BCUT2D eigenvalue weighted by atomic mass is 35.5. The number of amides is 1. The van der Waals surface area contributed by atoms with E-state index in [0.717, 1.165) is 10.6 Å². The summed E-state index contributed by atoms with van der Waals surface area (Å²) in [5.74, 6) is -0.699. The number of nitrogens with zero attached hydrogens (tertiary/aromatic N) is 3. The minimum atomic E-state index is -3.78. The molecule has 0 fully saturated rings. The summed E-state index contributed by atoms with van der Waals surface area (Å²) < 4.78 is 25.0. The highest BCUT2D eigenvalue weighted by Crippen LogP contribution is 2.26. The van der Waals surface area contributed by atoms with Crippen LogP contribution in [0.4, 0.5) is 11.4 Å². The first-order valence-corrected chi connectivity index (χ1v) is 10.1. The third-order valence-electron chi connectivity index (χ3n) is 3.63. The second-order valence-electron chi connectivity index (χ2n) is 5.76. The Balaban J connectivity index is 2.17. The molecule has 0 aliphatic heterocycles. The minimum absolute atomic E-state index is 0.111. The van der Waals surface area contributed by atoms with Crippen molar-refractivity contribution in [2.45, 2.75) is 6.92 Å². The maximum absolute atomic E-state index is 12.2. The summed E-state index contributed by atoms with van der Waals surface area (Å²) in [7, 11) is -3.78. The largest absolute Gasteiger partial charge is 0.271 e. The third kappa shape index (κ3) is 5.51. The normalized spacial score (nSPS) is 11.8. The Hall–Kier alpha value is -2.98. The van der Waals surface area contributed by atoms with E-state index in [4.69, 9.17) is 11.6 Å². The van der Waals surface area contributed by atoms with Crippen molar-refractivity contribution in [1.82, 2.24) is 5.43 Å². The molecule has 0 radical (unpaired) electrons. The Morgan fingerprint density at radius 2 is 1.93 bits per heavy atom. The second-order valence-corrected chi connectivity index (χ2v) is 8.07. The van der Waals surface area contributed by atoms with Gasteiger partial charge in [-0.05, 0) is 19.1 Å². The van der Waals surface area contributed by atoms with E-state index in [9.17, 15) is 23.3 Å². The average Bonchev–Trinajstić information content (AvgIpc) is 2.64. The van der Waals surface area contributed by atoms with E-state index in [-0.39, 0.29) is 16.4 Å². The van der Waals surface area contributed by atoms with Crippen LogP contribution in [0, 0.1) is 10.1 Å². The number of nitro benzene ring substituents is 1. The molecule has 0 bridgehead atoms. The summed E-state index contributed by atoms with van der Waals surface area (Å²) in [6.07, 6.45) is 0.960. The third-order valence-corrected chi connectivity index (χ3v) is 5.08. The van der Waals surface area contributed by atoms with E-state index in [1.165, 1.54) is 30.3 Å². The molecule has 2 rings (SSSR count). The zero-order valence-corrected chi connectivity index (χ0v) is 16.6. The van der Waals surface area contributed by atoms with Crippen LogP contribution >= 0.6 is 11.6 Å². The minimum Gasteiger partial charge on any atom is -0.271 e. The van der Waals surface area contributed by atoms with Gasteiger partial charge in [-0.3, -0.25) is 19.2 Å². The molecule has 9 nitrogen and oxygen atoms in total. The van der Waals surface area contributed by atoms with Crippen LogP contribution in [0.2, 0.25) is 5.02 Å². The van der Waals surface area contributed by atoms with Gasteiger partial charge in [0.15, 0.2) is 0 Å². The Labute approximate surface area is 166 Å². The molecule has 0 unspecified atom stereocenters. The molecular formula is C17H17ClN4O5S. The molecular weight excluding hydrogens is 408 g/mol. The lowest BCUT2D eigenvalue weighted by atomic mass is 10.1. The number of hydrogen-bond donors (Lipinski definition) is 1. The maximum atomic E-state index is 12.2. The SMILES string of the molecule is C/C(=N\NC(=O)CN(c1ccccc1Cl)S(C)(=O)=O)c1cccc([N+](=O)[O-])c1. The average molecular weight is 425 g/mol. The number of halogens is 1. The summed E-state index contributed by atoms with van der Waals surface area (Å²) in [5, 5.41) is 14.9. The molecule has 0 spiro atoms. The number of hydrazone groups is 1. The highest BCUT2D eigenvalue weighted by Gasteiger charge is 2.22. The first kappa shape index (κ1) is 21.3. The molecule has 11 heteroatoms. The molecule has 2 aromatic carbocycles. The number of non-ortho nitro benzene ring substituents is 1. The van der Waals surface area contributed by atoms with Crippen molar-refractivity contribution in [1.29, 1.82) is 0 Å². The van der Waals surface area contributed by atoms with Gasteiger partial charge in [0.2, 0.25) is 10.0 Å². The van der Waals surface area contributed by atoms with E-state index >= 15 is 0 Å². The molecule has 1 N–H and O–H groups in total. The van der Waals surface area contributed by atoms with Gasteiger partial charge in [-0.25, -0.2) is 13.8 Å². The molecule has 0 aromatic heterocycles. The quantitative estimate of drug-likeness (QED) is 0.415. The molecule has 0 heterocycles. The number of hydrogen-bond acceptors (Lipinski definition) is 6. The van der Waals surface area contributed by atoms with Crippen LogP contribution in [-0.4, -0.2) is 37.8 Å². The maximum Gasteiger partial charge on any atom is 0.270 e. The lowest BCUT2D eigenvalue weighted by Gasteiger charge is -2.22. The Morgan fingerprint density at radius 1 is 1.25 bits per heavy atom. The first-order chi connectivity index (χ1) is 13.1. The summed E-state index contributed by atoms with van der Waals surface area (Å²) in [6, 6.07) is 12.0. The Kier molecular flexibility index (Phi) is 6.71. The van der Waals surface area contributed by atoms with Crippen LogP contribution in [0.3, 0.4) is 0 Å². The first-order valence-electron chi connectivity index (χ1n) is 7.90. The van der Waals surface area contributed by atoms with Gasteiger partial charge in [0, 0.05) is 17.7 Å². The molecule has 1 amide bonds. The van der Waals surface area contributed by atoms with E-state index in [1.54, 1.807) is 25.1 Å². The van der Waals surface area contributed by atoms with E-state index in [0.29, 0.717) is 11.3 Å². The van der Waals surface area contributed by atoms with Gasteiger partial charge in [-0.2, -0.15) is 5.10 Å². The highest BCUT2D eigenvalue weighted by molar-refractivity contribution is 7.92. The summed E-state index contributed by atoms with van der Waals surface area (Å²) in [5.41, 5.74) is 3.07. The molecule has 0 aliphatic carbocycles. The lowest BCUT2D eigenvalue weighted by molar-refractivity contribution is -0.384. The summed E-state index contributed by atoms with van der Waals surface area (Å²) >= 11 is 6.04. The molecule has 0 saturated carbocycles. The summed E-state index contributed by atoms with van der Waals surface area (Å²) in [6.45, 7) is 1.02. The van der Waals surface area contributed by atoms with Gasteiger partial charge in [-0.1, -0.05) is 35.9 Å². The zero-order chi connectivity index (χ0) is 20.9. The Morgan fingerprint density at radius 3 is 2.54 bits per heavy atom. The number of sulfonamides is 1. The standard InChI is InChI=1S/C17H17ClN4O5S/c1-12(13-6-5-7-14(10-13)22(24)25)19-20-17(23)11-21(28(2,26)27)16-9-4-3-8-15(16)18/h3-10H,11H2,1-2H3,(H,20,23)/b19-12+. The van der Waals surface area contributed by atoms with Gasteiger partial charge in [0.25, 0.3) is 11.6 Å².